The molecular formula is C45H58FN9O5SSi. The van der Waals surface area contributed by atoms with E-state index >= 15 is 4.39 Å². The van der Waals surface area contributed by atoms with Crippen molar-refractivity contribution in [3.63, 3.8) is 0 Å². The summed E-state index contributed by atoms with van der Waals surface area (Å²) < 4.78 is 75.9. The van der Waals surface area contributed by atoms with E-state index in [0.29, 0.717) is 29.8 Å². The summed E-state index contributed by atoms with van der Waals surface area (Å²) in [6, 6.07) is 21.2. The number of halogens is 1. The first-order chi connectivity index (χ1) is 31.4. The van der Waals surface area contributed by atoms with Gasteiger partial charge in [0.05, 0.1) is 36.3 Å². The number of fused-ring (bicyclic) bond motifs is 1. The maximum Gasteiger partial charge on any atom is 0.345 e. The maximum absolute atomic E-state index is 15.1. The number of nitrogen functional groups attached to an aromatic ring is 1. The van der Waals surface area contributed by atoms with Gasteiger partial charge in [0.2, 0.25) is 17.6 Å². The highest BCUT2D eigenvalue weighted by Crippen LogP contribution is 2.46. The zero-order chi connectivity index (χ0) is 48.7. The second-order valence-electron chi connectivity index (χ2n) is 17.7. The van der Waals surface area contributed by atoms with Crippen LogP contribution in [0.15, 0.2) is 65.8 Å². The highest BCUT2D eigenvalue weighted by Gasteiger charge is 2.54. The molecule has 2 aromatic heterocycles. The Balaban J connectivity index is 1.27. The molecule has 0 unspecified atom stereocenters. The van der Waals surface area contributed by atoms with Crippen LogP contribution in [0.3, 0.4) is 0 Å². The minimum absolute atomic E-state index is 0.0558. The molecule has 0 amide bonds. The molecule has 4 N–H and O–H groups in total. The number of hydrogen-bond acceptors (Lipinski definition) is 14. The zero-order valence-electron chi connectivity index (χ0n) is 41.0. The van der Waals surface area contributed by atoms with Gasteiger partial charge in [0, 0.05) is 36.4 Å². The van der Waals surface area contributed by atoms with E-state index in [-0.39, 0.29) is 61.1 Å². The predicted octanol–water partition coefficient (Wildman–Crippen LogP) is 5.22. The average Bonchev–Trinajstić information content (AvgIpc) is 3.78. The fourth-order valence-corrected chi connectivity index (χ4v) is 15.0. The van der Waals surface area contributed by atoms with E-state index in [0.717, 1.165) is 20.2 Å². The van der Waals surface area contributed by atoms with Crippen molar-refractivity contribution in [2.24, 2.45) is 10.9 Å². The first-order valence-corrected chi connectivity index (χ1v) is 23.5. The molecule has 0 spiro atoms. The van der Waals surface area contributed by atoms with Crippen molar-refractivity contribution < 1.29 is 34.8 Å². The summed E-state index contributed by atoms with van der Waals surface area (Å²) in [5, 5.41) is 16.0. The molecule has 330 valence electrons. The highest BCUT2D eigenvalue weighted by molar-refractivity contribution is 7.16. The average molecular weight is 889 g/mol. The van der Waals surface area contributed by atoms with Gasteiger partial charge >= 0.3 is 12.0 Å². The second-order valence-corrected chi connectivity index (χ2v) is 23.1. The molecule has 17 heteroatoms. The fourth-order valence-electron chi connectivity index (χ4n) is 9.06. The minimum atomic E-state index is -3.15. The number of hydrogen-bond donors (Lipinski definition) is 2. The van der Waals surface area contributed by atoms with Crippen molar-refractivity contribution in [1.82, 2.24) is 19.9 Å². The van der Waals surface area contributed by atoms with Crippen molar-refractivity contribution >= 4 is 52.8 Å². The van der Waals surface area contributed by atoms with Crippen LogP contribution in [-0.4, -0.2) is 103 Å². The Morgan fingerprint density at radius 1 is 1.18 bits per heavy atom. The smallest absolute Gasteiger partial charge is 0.345 e. The van der Waals surface area contributed by atoms with Gasteiger partial charge in [-0.25, -0.2) is 9.18 Å². The number of thiophene rings is 1. The molecule has 2 aromatic carbocycles. The molecule has 1 aliphatic carbocycles. The number of nitrogens with two attached hydrogens (primary N) is 2. The van der Waals surface area contributed by atoms with Crippen molar-refractivity contribution in [2.75, 3.05) is 50.0 Å². The summed E-state index contributed by atoms with van der Waals surface area (Å²) in [5.74, 6) is -1.39. The molecule has 4 heterocycles. The molecule has 2 saturated heterocycles. The summed E-state index contributed by atoms with van der Waals surface area (Å²) >= 11 is 1.27. The minimum Gasteiger partial charge on any atom is -0.459 e. The Kier molecular flexibility index (Phi) is 11.2. The van der Waals surface area contributed by atoms with E-state index in [1.165, 1.54) is 11.3 Å². The number of oxime groups is 1. The molecule has 2 aliphatic heterocycles. The van der Waals surface area contributed by atoms with Gasteiger partial charge < -0.3 is 35.1 Å². The largest absolute Gasteiger partial charge is 0.459 e. The molecule has 0 radical (unpaired) electrons. The monoisotopic (exact) mass is 888 g/mol. The molecule has 62 heavy (non-hydrogen) atoms. The van der Waals surface area contributed by atoms with E-state index in [9.17, 15) is 10.1 Å². The SMILES string of the molecule is [2H]C([2H])([2H])C([2H])([2H])N1C[C@H](F)C[C@H]1[C@H](C)Oc1nc(/C(N)=N/OC(=O)[C@@]2(C)CCCc3sc(N)c(C#N)c32)nc(N2CCOC[C@@](C)(O[Si](c3ccccc3)(c3ccccc3)C(C)(C)C)C2)n1. The number of benzene rings is 2. The normalized spacial score (nSPS) is 25.8. The van der Waals surface area contributed by atoms with Crippen molar-refractivity contribution in [1.29, 1.82) is 5.26 Å². The predicted molar refractivity (Wildman–Crippen MR) is 241 cm³/mol. The first kappa shape index (κ1) is 38.7. The quantitative estimate of drug-likeness (QED) is 0.0621. The van der Waals surface area contributed by atoms with Crippen LogP contribution in [0.5, 0.6) is 6.01 Å². The second kappa shape index (κ2) is 18.0. The summed E-state index contributed by atoms with van der Waals surface area (Å²) in [5.41, 5.74) is 11.2. The first-order valence-electron chi connectivity index (χ1n) is 23.3. The van der Waals surface area contributed by atoms with Crippen LogP contribution in [0.25, 0.3) is 0 Å². The Morgan fingerprint density at radius 3 is 2.52 bits per heavy atom. The van der Waals surface area contributed by atoms with Crippen LogP contribution in [-0.2, 0) is 30.6 Å². The van der Waals surface area contributed by atoms with Gasteiger partial charge in [-0.15, -0.1) is 11.3 Å². The maximum atomic E-state index is 15.1. The van der Waals surface area contributed by atoms with Crippen LogP contribution in [0, 0.1) is 11.3 Å². The Labute approximate surface area is 375 Å². The summed E-state index contributed by atoms with van der Waals surface area (Å²) in [6.07, 6.45) is -1.13. The number of anilines is 2. The topological polar surface area (TPSA) is 187 Å². The Hall–Kier alpha value is -4.99. The third-order valence-corrected chi connectivity index (χ3v) is 18.4. The number of nitrogens with zero attached hydrogens (tertiary/aromatic N) is 7. The van der Waals surface area contributed by atoms with Crippen LogP contribution >= 0.6 is 11.3 Å². The number of likely N-dealkylation sites (N-methyl/N-ethyl adjacent to an activating group) is 1. The number of nitriles is 1. The summed E-state index contributed by atoms with van der Waals surface area (Å²) in [6.45, 7) is 6.25. The van der Waals surface area contributed by atoms with Crippen LogP contribution in [0.4, 0.5) is 15.3 Å². The van der Waals surface area contributed by atoms with E-state index < -0.39 is 69.3 Å². The molecule has 0 saturated carbocycles. The van der Waals surface area contributed by atoms with E-state index in [2.05, 4.69) is 61.2 Å². The lowest BCUT2D eigenvalue weighted by Gasteiger charge is -2.48. The molecule has 14 nitrogen and oxygen atoms in total. The van der Waals surface area contributed by atoms with Crippen molar-refractivity contribution in [2.45, 2.75) is 108 Å². The number of rotatable bonds is 12. The number of carbonyl (C=O) groups excluding carboxylic acids is 1. The standard InChI is InChI=1S/C45H58FN9O5SSi/c1-8-54-26-30(46)24-34(54)29(2)58-42-51-39(37(48)53-59-40(56)45(7)21-15-20-35-36(45)33(25-47)38(49)61-35)50-41(52-42)55-22-23-57-28-44(6,27-55)60-62(43(3,4)5,31-16-11-9-12-17-31)32-18-13-10-14-19-32/h9-14,16-19,29-30,34H,8,15,20-24,26-28,49H2,1-7H3,(H2,48,53)/t29-,30+,34-,44-,45-/m0/s1/i1D3,8D2. The number of carbonyl (C=O) groups is 1. The van der Waals surface area contributed by atoms with Crippen LogP contribution in [0.2, 0.25) is 5.04 Å². The lowest BCUT2D eigenvalue weighted by molar-refractivity contribution is -0.150. The molecular weight excluding hydrogens is 826 g/mol. The Bertz CT molecular complexity index is 2470. The Morgan fingerprint density at radius 2 is 1.87 bits per heavy atom. The fraction of sp³-hybridized carbons (Fsp3) is 0.511. The van der Waals surface area contributed by atoms with Gasteiger partial charge in [0.15, 0.2) is 0 Å². The van der Waals surface area contributed by atoms with Gasteiger partial charge in [-0.2, -0.15) is 20.2 Å². The lowest BCUT2D eigenvalue weighted by atomic mass is 9.72. The number of alkyl halides is 1. The van der Waals surface area contributed by atoms with E-state index in [4.69, 9.17) is 47.0 Å². The summed E-state index contributed by atoms with van der Waals surface area (Å²) in [4.78, 5) is 37.0. The molecule has 4 aromatic rings. The third-order valence-electron chi connectivity index (χ3n) is 12.1. The van der Waals surface area contributed by atoms with Gasteiger partial charge in [0.1, 0.15) is 23.3 Å². The van der Waals surface area contributed by atoms with Gasteiger partial charge in [-0.1, -0.05) is 93.4 Å². The number of aromatic nitrogens is 3. The molecule has 2 fully saturated rings. The summed E-state index contributed by atoms with van der Waals surface area (Å²) in [7, 11) is -3.15. The van der Waals surface area contributed by atoms with Gasteiger partial charge in [-0.3, -0.25) is 4.90 Å². The van der Waals surface area contributed by atoms with E-state index in [1.54, 1.807) is 13.8 Å². The van der Waals surface area contributed by atoms with Crippen LogP contribution < -0.4 is 31.5 Å². The van der Waals surface area contributed by atoms with Gasteiger partial charge in [-0.05, 0) is 68.4 Å². The number of aryl methyl sites for hydroxylation is 1. The number of likely N-dealkylation sites (tertiary alicyclic amines) is 1. The van der Waals surface area contributed by atoms with Crippen LogP contribution in [0.1, 0.15) is 96.3 Å². The molecule has 5 atom stereocenters. The van der Waals surface area contributed by atoms with Gasteiger partial charge in [0.25, 0.3) is 8.32 Å². The molecule has 3 aliphatic rings. The van der Waals surface area contributed by atoms with Crippen molar-refractivity contribution in [3.05, 3.63) is 82.5 Å². The highest BCUT2D eigenvalue weighted by atomic mass is 32.1. The zero-order valence-corrected chi connectivity index (χ0v) is 37.8. The third kappa shape index (κ3) is 8.80. The van der Waals surface area contributed by atoms with E-state index in [1.807, 2.05) is 48.2 Å². The number of amidine groups is 1. The number of ether oxygens (including phenoxy) is 2. The molecule has 7 rings (SSSR count). The molecule has 0 bridgehead atoms. The van der Waals surface area contributed by atoms with Crippen molar-refractivity contribution in [3.8, 4) is 12.1 Å². The lowest BCUT2D eigenvalue weighted by Crippen LogP contribution is -2.70.